The smallest absolute Gasteiger partial charge is 0.336 e. The summed E-state index contributed by atoms with van der Waals surface area (Å²) in [7, 11) is 0. The van der Waals surface area contributed by atoms with E-state index in [0.29, 0.717) is 0 Å². The Bertz CT molecular complexity index is 339. The molecule has 1 N–H and O–H groups in total. The van der Waals surface area contributed by atoms with E-state index < -0.39 is 12.1 Å². The van der Waals surface area contributed by atoms with Gasteiger partial charge in [-0.2, -0.15) is 0 Å². The van der Waals surface area contributed by atoms with Gasteiger partial charge in [0.15, 0.2) is 0 Å². The number of halogens is 2. The Morgan fingerprint density at radius 1 is 1.50 bits per heavy atom. The molecule has 0 saturated carbocycles. The molecule has 0 saturated heterocycles. The lowest BCUT2D eigenvalue weighted by molar-refractivity contribution is 0.0694. The summed E-state index contributed by atoms with van der Waals surface area (Å²) in [6.45, 7) is 3.27. The first kappa shape index (κ1) is 12.7. The van der Waals surface area contributed by atoms with E-state index in [1.165, 1.54) is 12.1 Å². The number of allylic oxidation sites excluding steroid dienone is 1. The molecule has 1 aromatic carbocycles. The number of aromatic carboxylic acids is 1. The van der Waals surface area contributed by atoms with Crippen LogP contribution in [0.25, 0.3) is 0 Å². The average Bonchev–Trinajstić information content (AvgIpc) is 2.16. The van der Waals surface area contributed by atoms with Crippen molar-refractivity contribution in [2.75, 3.05) is 0 Å². The lowest BCUT2D eigenvalue weighted by Gasteiger charge is -2.06. The molecule has 14 heavy (non-hydrogen) atoms. The quantitative estimate of drug-likeness (QED) is 0.789. The molecule has 1 aromatic rings. The van der Waals surface area contributed by atoms with Gasteiger partial charge in [-0.3, -0.25) is 0 Å². The van der Waals surface area contributed by atoms with Crippen molar-refractivity contribution in [3.63, 3.8) is 0 Å². The number of hydrogen-bond acceptors (Lipinski definition) is 1. The number of carboxylic acid groups (broad SMARTS) is 1. The maximum Gasteiger partial charge on any atom is 0.336 e. The molecule has 0 bridgehead atoms. The van der Waals surface area contributed by atoms with E-state index in [-0.39, 0.29) is 23.5 Å². The Labute approximate surface area is 87.5 Å². The Balaban J connectivity index is 0.00000169. The molecule has 0 spiro atoms. The van der Waals surface area contributed by atoms with Gasteiger partial charge in [0, 0.05) is 5.56 Å². The van der Waals surface area contributed by atoms with Crippen LogP contribution in [0.1, 0.15) is 22.1 Å². The summed E-state index contributed by atoms with van der Waals surface area (Å²) in [5.41, 5.74) is 0.125. The summed E-state index contributed by atoms with van der Waals surface area (Å²) in [4.78, 5) is 10.6. The molecule has 0 fully saturated rings. The fourth-order valence-electron chi connectivity index (χ4n) is 1.06. The number of alkyl halides is 1. The number of carboxylic acids is 1. The minimum Gasteiger partial charge on any atom is -0.478 e. The number of hydrogen-bond donors (Lipinski definition) is 1. The number of benzene rings is 1. The van der Waals surface area contributed by atoms with E-state index in [1.807, 2.05) is 0 Å². The summed E-state index contributed by atoms with van der Waals surface area (Å²) >= 11 is 0. The van der Waals surface area contributed by atoms with Crippen molar-refractivity contribution in [3.8, 4) is 0 Å². The maximum atomic E-state index is 13.1. The Morgan fingerprint density at radius 3 is 2.57 bits per heavy atom. The van der Waals surface area contributed by atoms with Crippen molar-refractivity contribution in [2.24, 2.45) is 0 Å². The molecule has 76 valence electrons. The van der Waals surface area contributed by atoms with Crippen LogP contribution < -0.4 is 0 Å². The first-order chi connectivity index (χ1) is 6.16. The molecular weight excluding hydrogens is 207 g/mol. The average molecular weight is 217 g/mol. The Kier molecular flexibility index (Phi) is 4.87. The van der Waals surface area contributed by atoms with E-state index in [9.17, 15) is 9.18 Å². The second-order valence-corrected chi connectivity index (χ2v) is 2.53. The van der Waals surface area contributed by atoms with Crippen LogP contribution in [0, 0.1) is 0 Å². The van der Waals surface area contributed by atoms with Gasteiger partial charge in [-0.1, -0.05) is 30.9 Å². The third-order valence-corrected chi connectivity index (χ3v) is 1.70. The topological polar surface area (TPSA) is 37.3 Å². The zero-order valence-corrected chi connectivity index (χ0v) is 8.13. The molecule has 1 rings (SSSR count). The summed E-state index contributed by atoms with van der Waals surface area (Å²) in [6.07, 6.45) is -0.353. The van der Waals surface area contributed by atoms with Crippen LogP contribution in [0.2, 0.25) is 0 Å². The van der Waals surface area contributed by atoms with E-state index in [4.69, 9.17) is 5.11 Å². The highest BCUT2D eigenvalue weighted by atomic mass is 35.5. The second kappa shape index (κ2) is 5.40. The summed E-state index contributed by atoms with van der Waals surface area (Å²) in [5, 5.41) is 8.71. The van der Waals surface area contributed by atoms with Crippen molar-refractivity contribution < 1.29 is 14.3 Å². The molecule has 4 heteroatoms. The van der Waals surface area contributed by atoms with Gasteiger partial charge in [-0.15, -0.1) is 12.4 Å². The van der Waals surface area contributed by atoms with Crippen molar-refractivity contribution in [2.45, 2.75) is 6.17 Å². The lowest BCUT2D eigenvalue weighted by Crippen LogP contribution is -2.02. The predicted octanol–water partition coefficient (Wildman–Crippen LogP) is 3.00. The SMILES string of the molecule is C=CC(F)c1ccccc1C(=O)O.Cl. The highest BCUT2D eigenvalue weighted by molar-refractivity contribution is 5.89. The van der Waals surface area contributed by atoms with Crippen LogP contribution in [0.3, 0.4) is 0 Å². The molecule has 0 radical (unpaired) electrons. The second-order valence-electron chi connectivity index (χ2n) is 2.53. The third kappa shape index (κ3) is 2.57. The van der Waals surface area contributed by atoms with Gasteiger partial charge in [0.1, 0.15) is 6.17 Å². The monoisotopic (exact) mass is 216 g/mol. The van der Waals surface area contributed by atoms with Crippen molar-refractivity contribution in [3.05, 3.63) is 48.0 Å². The van der Waals surface area contributed by atoms with Crippen LogP contribution in [0.15, 0.2) is 36.9 Å². The molecule has 0 heterocycles. The summed E-state index contributed by atoms with van der Waals surface area (Å²) in [6, 6.07) is 5.96. The molecular formula is C10H10ClFO2. The third-order valence-electron chi connectivity index (χ3n) is 1.70. The van der Waals surface area contributed by atoms with E-state index >= 15 is 0 Å². The molecule has 0 aliphatic heterocycles. The van der Waals surface area contributed by atoms with Gasteiger partial charge in [-0.25, -0.2) is 9.18 Å². The predicted molar refractivity (Wildman–Crippen MR) is 54.7 cm³/mol. The Morgan fingerprint density at radius 2 is 2.07 bits per heavy atom. The van der Waals surface area contributed by atoms with E-state index in [1.54, 1.807) is 12.1 Å². The summed E-state index contributed by atoms with van der Waals surface area (Å²) < 4.78 is 13.1. The zero-order valence-electron chi connectivity index (χ0n) is 7.31. The maximum absolute atomic E-state index is 13.1. The van der Waals surface area contributed by atoms with Crippen LogP contribution >= 0.6 is 12.4 Å². The van der Waals surface area contributed by atoms with Crippen molar-refractivity contribution in [1.29, 1.82) is 0 Å². The molecule has 2 nitrogen and oxygen atoms in total. The minimum atomic E-state index is -1.42. The fourth-order valence-corrected chi connectivity index (χ4v) is 1.06. The van der Waals surface area contributed by atoms with Gasteiger partial charge >= 0.3 is 5.97 Å². The van der Waals surface area contributed by atoms with Crippen LogP contribution in [-0.4, -0.2) is 11.1 Å². The van der Waals surface area contributed by atoms with Crippen LogP contribution in [0.4, 0.5) is 4.39 Å². The largest absolute Gasteiger partial charge is 0.478 e. The van der Waals surface area contributed by atoms with Gasteiger partial charge in [0.05, 0.1) is 5.56 Å². The van der Waals surface area contributed by atoms with E-state index in [2.05, 4.69) is 6.58 Å². The number of carbonyl (C=O) groups is 1. The first-order valence-electron chi connectivity index (χ1n) is 3.75. The van der Waals surface area contributed by atoms with Gasteiger partial charge in [-0.05, 0) is 6.07 Å². The molecule has 1 atom stereocenters. The first-order valence-corrected chi connectivity index (χ1v) is 3.75. The van der Waals surface area contributed by atoms with E-state index in [0.717, 1.165) is 6.08 Å². The molecule has 0 aliphatic rings. The minimum absolute atomic E-state index is 0. The Hall–Kier alpha value is -1.35. The fraction of sp³-hybridized carbons (Fsp3) is 0.100. The zero-order chi connectivity index (χ0) is 9.84. The molecule has 0 amide bonds. The summed E-state index contributed by atoms with van der Waals surface area (Å²) in [5.74, 6) is -1.12. The van der Waals surface area contributed by atoms with Gasteiger partial charge in [0.25, 0.3) is 0 Å². The number of rotatable bonds is 3. The highest BCUT2D eigenvalue weighted by Crippen LogP contribution is 2.22. The highest BCUT2D eigenvalue weighted by Gasteiger charge is 2.14. The van der Waals surface area contributed by atoms with Gasteiger partial charge in [0.2, 0.25) is 0 Å². The molecule has 0 aliphatic carbocycles. The van der Waals surface area contributed by atoms with Crippen molar-refractivity contribution in [1.82, 2.24) is 0 Å². The standard InChI is InChI=1S/C10H9FO2.ClH/c1-2-9(11)7-5-3-4-6-8(7)10(12)13;/h2-6,9H,1H2,(H,12,13);1H. The molecule has 0 aromatic heterocycles. The lowest BCUT2D eigenvalue weighted by atomic mass is 10.0. The normalized spacial score (nSPS) is 11.2. The molecule has 1 unspecified atom stereocenters. The van der Waals surface area contributed by atoms with Crippen molar-refractivity contribution >= 4 is 18.4 Å². The van der Waals surface area contributed by atoms with Crippen LogP contribution in [0.5, 0.6) is 0 Å². The van der Waals surface area contributed by atoms with Crippen LogP contribution in [-0.2, 0) is 0 Å². The van der Waals surface area contributed by atoms with Gasteiger partial charge < -0.3 is 5.11 Å².